The van der Waals surface area contributed by atoms with Gasteiger partial charge < -0.3 is 9.84 Å². The lowest BCUT2D eigenvalue weighted by atomic mass is 10.2. The molecule has 0 aliphatic carbocycles. The van der Waals surface area contributed by atoms with Crippen molar-refractivity contribution in [2.75, 3.05) is 7.11 Å². The first kappa shape index (κ1) is 6.52. The van der Waals surface area contributed by atoms with Crippen LogP contribution in [0, 0.1) is 0 Å². The minimum Gasteiger partial charge on any atom is -0.400 e. The second kappa shape index (κ2) is 2.80. The van der Waals surface area contributed by atoms with Crippen molar-refractivity contribution in [3.05, 3.63) is 24.3 Å². The molecule has 0 radical (unpaired) electrons. The van der Waals surface area contributed by atoms with E-state index in [1.807, 2.05) is 0 Å². The van der Waals surface area contributed by atoms with Gasteiger partial charge in [0, 0.05) is 7.11 Å². The molecule has 9 heavy (non-hydrogen) atoms. The Morgan fingerprint density at radius 3 is 1.44 bits per heavy atom. The number of ether oxygens (including phenoxy) is 1. The molecule has 2 aliphatic rings. The van der Waals surface area contributed by atoms with Crippen molar-refractivity contribution in [3.8, 4) is 0 Å². The molecule has 0 spiro atoms. The quantitative estimate of drug-likeness (QED) is 0.478. The molecule has 0 amide bonds. The molecule has 0 fully saturated rings. The van der Waals surface area contributed by atoms with Crippen LogP contribution in [0.4, 0.5) is 0 Å². The summed E-state index contributed by atoms with van der Waals surface area (Å²) in [6.07, 6.45) is 8.92. The molecule has 0 atom stereocenters. The molecule has 2 heteroatoms. The number of hydrogen-bond donors (Lipinski definition) is 1. The van der Waals surface area contributed by atoms with Crippen molar-refractivity contribution in [3.63, 3.8) is 0 Å². The molecule has 2 bridgehead atoms. The molecule has 0 aromatic heterocycles. The molecule has 2 nitrogen and oxygen atoms in total. The Morgan fingerprint density at radius 2 is 1.33 bits per heavy atom. The molecule has 0 aromatic carbocycles. The van der Waals surface area contributed by atoms with E-state index in [1.54, 1.807) is 0 Å². The third-order valence-corrected chi connectivity index (χ3v) is 1.30. The van der Waals surface area contributed by atoms with Crippen LogP contribution in [-0.4, -0.2) is 24.4 Å². The van der Waals surface area contributed by atoms with Crippen LogP contribution in [0.15, 0.2) is 24.3 Å². The van der Waals surface area contributed by atoms with Gasteiger partial charge >= 0.3 is 0 Å². The molecule has 0 saturated carbocycles. The first-order chi connectivity index (χ1) is 4.45. The maximum absolute atomic E-state index is 7.00. The summed E-state index contributed by atoms with van der Waals surface area (Å²) in [5, 5.41) is 7.00. The van der Waals surface area contributed by atoms with Crippen LogP contribution in [-0.2, 0) is 4.74 Å². The number of hydrogen-bond acceptors (Lipinski definition) is 2. The molecule has 2 rings (SSSR count). The molecule has 0 unspecified atom stereocenters. The Bertz CT molecular complexity index is 110. The first-order valence-corrected chi connectivity index (χ1v) is 2.92. The molecule has 1 N–H and O–H groups in total. The van der Waals surface area contributed by atoms with Crippen LogP contribution in [0.5, 0.6) is 0 Å². The lowest BCUT2D eigenvalue weighted by Crippen LogP contribution is -1.97. The zero-order chi connectivity index (χ0) is 6.69. The molecule has 2 heterocycles. The Balaban J connectivity index is 0.000000186. The fourth-order valence-electron chi connectivity index (χ4n) is 0.929. The Hall–Kier alpha value is -0.600. The van der Waals surface area contributed by atoms with Crippen LogP contribution in [0.3, 0.4) is 0 Å². The van der Waals surface area contributed by atoms with E-state index in [0.29, 0.717) is 12.2 Å². The summed E-state index contributed by atoms with van der Waals surface area (Å²) in [7, 11) is 1.00. The van der Waals surface area contributed by atoms with E-state index in [4.69, 9.17) is 9.84 Å². The van der Waals surface area contributed by atoms with Gasteiger partial charge in [-0.1, -0.05) is 24.3 Å². The fourth-order valence-corrected chi connectivity index (χ4v) is 0.929. The molecule has 0 saturated heterocycles. The Morgan fingerprint density at radius 1 is 1.00 bits per heavy atom. The van der Waals surface area contributed by atoms with E-state index >= 15 is 0 Å². The highest BCUT2D eigenvalue weighted by molar-refractivity contribution is 5.22. The smallest absolute Gasteiger partial charge is 0.0952 e. The van der Waals surface area contributed by atoms with Crippen molar-refractivity contribution in [1.29, 1.82) is 0 Å². The maximum atomic E-state index is 7.00. The van der Waals surface area contributed by atoms with Crippen LogP contribution in [0.25, 0.3) is 0 Å². The van der Waals surface area contributed by atoms with Gasteiger partial charge in [-0.3, -0.25) is 0 Å². The van der Waals surface area contributed by atoms with E-state index in [0.717, 1.165) is 7.11 Å². The van der Waals surface area contributed by atoms with Gasteiger partial charge in [0.05, 0.1) is 12.2 Å². The van der Waals surface area contributed by atoms with Crippen molar-refractivity contribution in [1.82, 2.24) is 0 Å². The summed E-state index contributed by atoms with van der Waals surface area (Å²) in [6, 6.07) is 0. The summed E-state index contributed by atoms with van der Waals surface area (Å²) < 4.78 is 5.25. The Kier molecular flexibility index (Phi) is 2.03. The molecular weight excluding hydrogens is 116 g/mol. The van der Waals surface area contributed by atoms with Crippen LogP contribution in [0.1, 0.15) is 0 Å². The number of aliphatic hydroxyl groups excluding tert-OH is 1. The maximum Gasteiger partial charge on any atom is 0.0952 e. The zero-order valence-electron chi connectivity index (χ0n) is 5.32. The highest BCUT2D eigenvalue weighted by Gasteiger charge is 2.19. The van der Waals surface area contributed by atoms with Crippen molar-refractivity contribution in [2.24, 2.45) is 0 Å². The van der Waals surface area contributed by atoms with Crippen LogP contribution in [0.2, 0.25) is 0 Å². The predicted octanol–water partition coefficient (Wildman–Crippen LogP) is 0.488. The van der Waals surface area contributed by atoms with Crippen molar-refractivity contribution >= 4 is 0 Å². The second-order valence-electron chi connectivity index (χ2n) is 1.84. The second-order valence-corrected chi connectivity index (χ2v) is 1.84. The van der Waals surface area contributed by atoms with Gasteiger partial charge in [-0.2, -0.15) is 0 Å². The van der Waals surface area contributed by atoms with Crippen LogP contribution >= 0.6 is 0 Å². The lowest BCUT2D eigenvalue weighted by Gasteiger charge is -1.94. The molecular formula is C7H10O2. The average Bonchev–Trinajstić information content (AvgIpc) is 2.53. The molecule has 2 aliphatic heterocycles. The largest absolute Gasteiger partial charge is 0.400 e. The van der Waals surface area contributed by atoms with Gasteiger partial charge in [0.2, 0.25) is 0 Å². The molecule has 0 aromatic rings. The number of aliphatic hydroxyl groups is 1. The highest BCUT2D eigenvalue weighted by atomic mass is 16.5. The highest BCUT2D eigenvalue weighted by Crippen LogP contribution is 2.19. The normalized spacial score (nSPS) is 34.4. The fraction of sp³-hybridized carbons (Fsp3) is 0.429. The van der Waals surface area contributed by atoms with Gasteiger partial charge in [-0.15, -0.1) is 0 Å². The Labute approximate surface area is 54.5 Å². The topological polar surface area (TPSA) is 29.5 Å². The molecule has 50 valence electrons. The SMILES string of the molecule is C1=CC2C=CC1O2.CO. The van der Waals surface area contributed by atoms with Gasteiger partial charge in [0.25, 0.3) is 0 Å². The third kappa shape index (κ3) is 1.20. The lowest BCUT2D eigenvalue weighted by molar-refractivity contribution is 0.136. The summed E-state index contributed by atoms with van der Waals surface area (Å²) in [6.45, 7) is 0. The van der Waals surface area contributed by atoms with E-state index in [-0.39, 0.29) is 0 Å². The summed E-state index contributed by atoms with van der Waals surface area (Å²) in [4.78, 5) is 0. The number of rotatable bonds is 0. The summed E-state index contributed by atoms with van der Waals surface area (Å²) >= 11 is 0. The minimum atomic E-state index is 0.310. The predicted molar refractivity (Wildman–Crippen MR) is 35.1 cm³/mol. The van der Waals surface area contributed by atoms with Gasteiger partial charge in [0.15, 0.2) is 0 Å². The third-order valence-electron chi connectivity index (χ3n) is 1.30. The van der Waals surface area contributed by atoms with Gasteiger partial charge in [-0.25, -0.2) is 0 Å². The first-order valence-electron chi connectivity index (χ1n) is 2.92. The monoisotopic (exact) mass is 126 g/mol. The van der Waals surface area contributed by atoms with Crippen molar-refractivity contribution in [2.45, 2.75) is 12.2 Å². The van der Waals surface area contributed by atoms with Gasteiger partial charge in [-0.05, 0) is 0 Å². The van der Waals surface area contributed by atoms with E-state index in [1.165, 1.54) is 0 Å². The van der Waals surface area contributed by atoms with E-state index in [2.05, 4.69) is 24.3 Å². The number of fused-ring (bicyclic) bond motifs is 2. The summed E-state index contributed by atoms with van der Waals surface area (Å²) in [5.74, 6) is 0. The summed E-state index contributed by atoms with van der Waals surface area (Å²) in [5.41, 5.74) is 0. The minimum absolute atomic E-state index is 0.310. The van der Waals surface area contributed by atoms with E-state index < -0.39 is 0 Å². The van der Waals surface area contributed by atoms with Crippen molar-refractivity contribution < 1.29 is 9.84 Å². The van der Waals surface area contributed by atoms with E-state index in [9.17, 15) is 0 Å². The standard InChI is InChI=1S/C6H6O.CH4O/c1-2-6-4-3-5(1)7-6;1-2/h1-6H;2H,1H3. The van der Waals surface area contributed by atoms with Gasteiger partial charge in [0.1, 0.15) is 0 Å². The average molecular weight is 126 g/mol. The van der Waals surface area contributed by atoms with Crippen LogP contribution < -0.4 is 0 Å². The zero-order valence-corrected chi connectivity index (χ0v) is 5.32.